The second-order valence-corrected chi connectivity index (χ2v) is 3.41. The minimum absolute atomic E-state index is 0.856. The minimum Gasteiger partial charge on any atom is -0.330 e. The van der Waals surface area contributed by atoms with Gasteiger partial charge in [0, 0.05) is 0 Å². The van der Waals surface area contributed by atoms with Gasteiger partial charge in [-0.25, -0.2) is 0 Å². The van der Waals surface area contributed by atoms with E-state index in [0.29, 0.717) is 0 Å². The lowest BCUT2D eigenvalue weighted by molar-refractivity contribution is 0.469. The first-order valence-electron chi connectivity index (χ1n) is 3.61. The quantitative estimate of drug-likeness (QED) is 0.579. The van der Waals surface area contributed by atoms with Gasteiger partial charge >= 0.3 is 0 Å². The highest BCUT2D eigenvalue weighted by Gasteiger charge is 2.01. The van der Waals surface area contributed by atoms with Crippen molar-refractivity contribution >= 4 is 22.6 Å². The molecule has 0 aromatic rings. The monoisotopic (exact) mass is 241 g/mol. The molecule has 0 heterocycles. The Morgan fingerprint density at radius 2 is 2.11 bits per heavy atom. The lowest BCUT2D eigenvalue weighted by Gasteiger charge is -2.10. The summed E-state index contributed by atoms with van der Waals surface area (Å²) in [6.07, 6.45) is 3.84. The van der Waals surface area contributed by atoms with E-state index in [1.54, 1.807) is 0 Å². The van der Waals surface area contributed by atoms with E-state index in [-0.39, 0.29) is 0 Å². The van der Waals surface area contributed by atoms with Gasteiger partial charge in [-0.05, 0) is 29.7 Å². The molecule has 0 saturated heterocycles. The van der Waals surface area contributed by atoms with Crippen LogP contribution in [0.25, 0.3) is 0 Å². The first-order chi connectivity index (χ1) is 4.35. The van der Waals surface area contributed by atoms with Crippen molar-refractivity contribution in [2.24, 2.45) is 11.7 Å². The molecular weight excluding hydrogens is 225 g/mol. The van der Waals surface area contributed by atoms with Crippen LogP contribution in [0.15, 0.2) is 0 Å². The van der Waals surface area contributed by atoms with Crippen LogP contribution in [0.4, 0.5) is 0 Å². The van der Waals surface area contributed by atoms with E-state index in [1.165, 1.54) is 23.7 Å². The number of halogens is 1. The molecule has 0 radical (unpaired) electrons. The number of alkyl halides is 1. The van der Waals surface area contributed by atoms with Crippen LogP contribution in [0.2, 0.25) is 0 Å². The standard InChI is InChI=1S/C7H16IN/c1-2-7(3-5-8)4-6-9/h7H,2-6,9H2,1H3. The van der Waals surface area contributed by atoms with Crippen molar-refractivity contribution < 1.29 is 0 Å². The molecule has 56 valence electrons. The van der Waals surface area contributed by atoms with Crippen LogP contribution in [0.5, 0.6) is 0 Å². The fourth-order valence-electron chi connectivity index (χ4n) is 0.943. The molecule has 0 rings (SSSR count). The maximum atomic E-state index is 5.43. The predicted molar refractivity (Wildman–Crippen MR) is 51.0 cm³/mol. The molecule has 0 saturated carbocycles. The summed E-state index contributed by atoms with van der Waals surface area (Å²) in [5, 5.41) is 0. The Labute approximate surface area is 71.5 Å². The van der Waals surface area contributed by atoms with Gasteiger partial charge in [0.25, 0.3) is 0 Å². The van der Waals surface area contributed by atoms with Crippen LogP contribution in [0, 0.1) is 5.92 Å². The highest BCUT2D eigenvalue weighted by molar-refractivity contribution is 14.1. The van der Waals surface area contributed by atoms with Crippen molar-refractivity contribution in [1.29, 1.82) is 0 Å². The van der Waals surface area contributed by atoms with Gasteiger partial charge in [0.1, 0.15) is 0 Å². The lowest BCUT2D eigenvalue weighted by atomic mass is 10.00. The Balaban J connectivity index is 3.18. The van der Waals surface area contributed by atoms with Gasteiger partial charge in [0.2, 0.25) is 0 Å². The summed E-state index contributed by atoms with van der Waals surface area (Å²) in [6, 6.07) is 0. The van der Waals surface area contributed by atoms with Crippen LogP contribution in [0.3, 0.4) is 0 Å². The minimum atomic E-state index is 0.856. The second kappa shape index (κ2) is 6.81. The third-order valence-electron chi connectivity index (χ3n) is 1.67. The number of hydrogen-bond donors (Lipinski definition) is 1. The first-order valence-corrected chi connectivity index (χ1v) is 5.13. The molecular formula is C7H16IN. The summed E-state index contributed by atoms with van der Waals surface area (Å²) in [4.78, 5) is 0. The van der Waals surface area contributed by atoms with Gasteiger partial charge in [-0.2, -0.15) is 0 Å². The van der Waals surface area contributed by atoms with Gasteiger partial charge in [0.15, 0.2) is 0 Å². The molecule has 0 aliphatic carbocycles. The van der Waals surface area contributed by atoms with Gasteiger partial charge in [0.05, 0.1) is 0 Å². The summed E-state index contributed by atoms with van der Waals surface area (Å²) in [5.74, 6) is 0.881. The van der Waals surface area contributed by atoms with Crippen molar-refractivity contribution in [2.75, 3.05) is 11.0 Å². The maximum Gasteiger partial charge on any atom is -0.000209 e. The van der Waals surface area contributed by atoms with Crippen molar-refractivity contribution in [2.45, 2.75) is 26.2 Å². The molecule has 0 aromatic carbocycles. The molecule has 2 N–H and O–H groups in total. The lowest BCUT2D eigenvalue weighted by Crippen LogP contribution is -2.08. The normalized spacial score (nSPS) is 13.7. The fourth-order valence-corrected chi connectivity index (χ4v) is 1.82. The molecule has 0 aliphatic heterocycles. The molecule has 0 amide bonds. The fraction of sp³-hybridized carbons (Fsp3) is 1.00. The summed E-state index contributed by atoms with van der Waals surface area (Å²) >= 11 is 2.42. The second-order valence-electron chi connectivity index (χ2n) is 2.33. The van der Waals surface area contributed by atoms with E-state index >= 15 is 0 Å². The third-order valence-corrected chi connectivity index (χ3v) is 2.29. The highest BCUT2D eigenvalue weighted by atomic mass is 127. The molecule has 0 spiro atoms. The van der Waals surface area contributed by atoms with Gasteiger partial charge in [-0.15, -0.1) is 0 Å². The van der Waals surface area contributed by atoms with Crippen LogP contribution in [-0.2, 0) is 0 Å². The van der Waals surface area contributed by atoms with E-state index in [1.807, 2.05) is 0 Å². The molecule has 0 fully saturated rings. The largest absolute Gasteiger partial charge is 0.330 e. The van der Waals surface area contributed by atoms with Crippen molar-refractivity contribution in [1.82, 2.24) is 0 Å². The molecule has 1 atom stereocenters. The predicted octanol–water partition coefficient (Wildman–Crippen LogP) is 2.19. The zero-order chi connectivity index (χ0) is 7.11. The van der Waals surface area contributed by atoms with Crippen molar-refractivity contribution in [3.8, 4) is 0 Å². The van der Waals surface area contributed by atoms with E-state index in [0.717, 1.165) is 12.5 Å². The Morgan fingerprint density at radius 1 is 1.44 bits per heavy atom. The summed E-state index contributed by atoms with van der Waals surface area (Å²) in [5.41, 5.74) is 5.43. The van der Waals surface area contributed by atoms with Crippen molar-refractivity contribution in [3.63, 3.8) is 0 Å². The summed E-state index contributed by atoms with van der Waals surface area (Å²) in [7, 11) is 0. The average molecular weight is 241 g/mol. The third kappa shape index (κ3) is 5.15. The SMILES string of the molecule is CCC(CCN)CCI. The molecule has 1 unspecified atom stereocenters. The zero-order valence-electron chi connectivity index (χ0n) is 6.07. The molecule has 9 heavy (non-hydrogen) atoms. The maximum absolute atomic E-state index is 5.43. The topological polar surface area (TPSA) is 26.0 Å². The molecule has 0 aromatic heterocycles. The Hall–Kier alpha value is 0.690. The van der Waals surface area contributed by atoms with Gasteiger partial charge in [-0.3, -0.25) is 0 Å². The van der Waals surface area contributed by atoms with E-state index in [4.69, 9.17) is 5.73 Å². The Morgan fingerprint density at radius 3 is 2.44 bits per heavy atom. The van der Waals surface area contributed by atoms with E-state index in [2.05, 4.69) is 29.5 Å². The summed E-state index contributed by atoms with van der Waals surface area (Å²) < 4.78 is 1.27. The number of rotatable bonds is 5. The first kappa shape index (κ1) is 9.69. The van der Waals surface area contributed by atoms with E-state index < -0.39 is 0 Å². The van der Waals surface area contributed by atoms with Crippen LogP contribution in [0.1, 0.15) is 26.2 Å². The molecule has 0 aliphatic rings. The van der Waals surface area contributed by atoms with Crippen LogP contribution >= 0.6 is 22.6 Å². The van der Waals surface area contributed by atoms with Crippen LogP contribution in [-0.4, -0.2) is 11.0 Å². The zero-order valence-corrected chi connectivity index (χ0v) is 8.23. The van der Waals surface area contributed by atoms with E-state index in [9.17, 15) is 0 Å². The number of hydrogen-bond acceptors (Lipinski definition) is 1. The van der Waals surface area contributed by atoms with Crippen LogP contribution < -0.4 is 5.73 Å². The molecule has 0 bridgehead atoms. The Bertz CT molecular complexity index is 50.9. The molecule has 2 heteroatoms. The average Bonchev–Trinajstić information content (AvgIpc) is 1.88. The number of nitrogens with two attached hydrogens (primary N) is 1. The highest BCUT2D eigenvalue weighted by Crippen LogP contribution is 2.12. The smallest absolute Gasteiger partial charge is 0.000209 e. The van der Waals surface area contributed by atoms with Gasteiger partial charge in [-0.1, -0.05) is 35.9 Å². The summed E-state index contributed by atoms with van der Waals surface area (Å²) in [6.45, 7) is 3.10. The Kier molecular flexibility index (Phi) is 7.33. The van der Waals surface area contributed by atoms with Crippen molar-refractivity contribution in [3.05, 3.63) is 0 Å². The van der Waals surface area contributed by atoms with Gasteiger partial charge < -0.3 is 5.73 Å². The molecule has 1 nitrogen and oxygen atoms in total.